The smallest absolute Gasteiger partial charge is 0.119 e. The van der Waals surface area contributed by atoms with Crippen LogP contribution in [0.25, 0.3) is 0 Å². The van der Waals surface area contributed by atoms with Gasteiger partial charge in [0.1, 0.15) is 10.8 Å². The summed E-state index contributed by atoms with van der Waals surface area (Å²) in [6.45, 7) is 2.21. The van der Waals surface area contributed by atoms with E-state index < -0.39 is 0 Å². The van der Waals surface area contributed by atoms with E-state index in [4.69, 9.17) is 4.74 Å². The van der Waals surface area contributed by atoms with Crippen LogP contribution in [0.5, 0.6) is 5.75 Å². The number of aryl methyl sites for hydroxylation is 1. The van der Waals surface area contributed by atoms with Crippen molar-refractivity contribution in [3.8, 4) is 5.75 Å². The minimum Gasteiger partial charge on any atom is -0.497 e. The summed E-state index contributed by atoms with van der Waals surface area (Å²) < 4.78 is 5.35. The molecule has 20 heavy (non-hydrogen) atoms. The Labute approximate surface area is 124 Å². The first-order chi connectivity index (χ1) is 9.81. The molecule has 2 atom stereocenters. The van der Waals surface area contributed by atoms with E-state index in [9.17, 15) is 0 Å². The van der Waals surface area contributed by atoms with Crippen molar-refractivity contribution in [3.05, 3.63) is 45.9 Å². The Morgan fingerprint density at radius 3 is 3.10 bits per heavy atom. The Hall–Kier alpha value is -1.39. The molecule has 2 aromatic rings. The van der Waals surface area contributed by atoms with Gasteiger partial charge in [-0.25, -0.2) is 4.98 Å². The minimum atomic E-state index is 0.345. The number of methoxy groups -OCH3 is 1. The summed E-state index contributed by atoms with van der Waals surface area (Å²) in [6.07, 6.45) is 5.24. The molecular weight excluding hydrogens is 268 g/mol. The van der Waals surface area contributed by atoms with E-state index in [1.54, 1.807) is 18.4 Å². The SMILES string of the molecule is CCC(NC1CCc2ccc(OC)cc21)c1nccs1. The minimum absolute atomic E-state index is 0.345. The molecule has 4 heteroatoms. The van der Waals surface area contributed by atoms with Gasteiger partial charge in [0, 0.05) is 17.6 Å². The van der Waals surface area contributed by atoms with Gasteiger partial charge in [0.25, 0.3) is 0 Å². The second-order valence-electron chi connectivity index (χ2n) is 5.15. The van der Waals surface area contributed by atoms with Crippen LogP contribution in [0.4, 0.5) is 0 Å². The van der Waals surface area contributed by atoms with Crippen LogP contribution in [0.1, 0.15) is 48.0 Å². The highest BCUT2D eigenvalue weighted by atomic mass is 32.1. The van der Waals surface area contributed by atoms with Crippen LogP contribution in [-0.4, -0.2) is 12.1 Å². The molecule has 1 aliphatic carbocycles. The summed E-state index contributed by atoms with van der Waals surface area (Å²) in [4.78, 5) is 4.45. The first kappa shape index (κ1) is 13.6. The lowest BCUT2D eigenvalue weighted by Gasteiger charge is -2.21. The third-order valence-electron chi connectivity index (χ3n) is 3.99. The average molecular weight is 288 g/mol. The lowest BCUT2D eigenvalue weighted by molar-refractivity contribution is 0.409. The number of benzene rings is 1. The number of rotatable bonds is 5. The van der Waals surface area contributed by atoms with Gasteiger partial charge < -0.3 is 10.1 Å². The van der Waals surface area contributed by atoms with Crippen molar-refractivity contribution in [2.45, 2.75) is 38.3 Å². The summed E-state index contributed by atoms with van der Waals surface area (Å²) in [6, 6.07) is 7.18. The number of nitrogens with zero attached hydrogens (tertiary/aromatic N) is 1. The van der Waals surface area contributed by atoms with Crippen LogP contribution in [0.15, 0.2) is 29.8 Å². The third-order valence-corrected chi connectivity index (χ3v) is 4.88. The summed E-state index contributed by atoms with van der Waals surface area (Å²) in [5.41, 5.74) is 2.83. The average Bonchev–Trinajstić information content (AvgIpc) is 3.14. The fraction of sp³-hybridized carbons (Fsp3) is 0.438. The van der Waals surface area contributed by atoms with Gasteiger partial charge in [-0.05, 0) is 42.5 Å². The predicted molar refractivity (Wildman–Crippen MR) is 82.3 cm³/mol. The van der Waals surface area contributed by atoms with Gasteiger partial charge in [-0.3, -0.25) is 0 Å². The number of ether oxygens (including phenoxy) is 1. The molecule has 0 aliphatic heterocycles. The van der Waals surface area contributed by atoms with Gasteiger partial charge >= 0.3 is 0 Å². The number of aromatic nitrogens is 1. The summed E-state index contributed by atoms with van der Waals surface area (Å²) >= 11 is 1.73. The molecule has 0 saturated heterocycles. The molecule has 106 valence electrons. The second-order valence-corrected chi connectivity index (χ2v) is 6.08. The Morgan fingerprint density at radius 1 is 1.50 bits per heavy atom. The lowest BCUT2D eigenvalue weighted by Crippen LogP contribution is -2.24. The molecule has 3 rings (SSSR count). The molecule has 1 aliphatic rings. The summed E-state index contributed by atoms with van der Waals surface area (Å²) in [5.74, 6) is 0.944. The summed E-state index contributed by atoms with van der Waals surface area (Å²) in [5, 5.41) is 7.00. The van der Waals surface area contributed by atoms with Crippen LogP contribution < -0.4 is 10.1 Å². The highest BCUT2D eigenvalue weighted by Gasteiger charge is 2.26. The quantitative estimate of drug-likeness (QED) is 0.906. The van der Waals surface area contributed by atoms with Gasteiger partial charge in [-0.15, -0.1) is 11.3 Å². The van der Waals surface area contributed by atoms with Gasteiger partial charge in [0.2, 0.25) is 0 Å². The van der Waals surface area contributed by atoms with Crippen molar-refractivity contribution in [1.82, 2.24) is 10.3 Å². The third kappa shape index (κ3) is 2.58. The van der Waals surface area contributed by atoms with E-state index in [0.29, 0.717) is 12.1 Å². The first-order valence-electron chi connectivity index (χ1n) is 7.14. The van der Waals surface area contributed by atoms with Crippen LogP contribution in [0.3, 0.4) is 0 Å². The normalized spacial score (nSPS) is 18.8. The number of nitrogens with one attached hydrogen (secondary N) is 1. The maximum absolute atomic E-state index is 5.35. The van der Waals surface area contributed by atoms with Crippen molar-refractivity contribution in [3.63, 3.8) is 0 Å². The molecule has 1 aromatic heterocycles. The molecule has 1 N–H and O–H groups in total. The van der Waals surface area contributed by atoms with Crippen LogP contribution in [0, 0.1) is 0 Å². The van der Waals surface area contributed by atoms with Crippen molar-refractivity contribution in [2.75, 3.05) is 7.11 Å². The van der Waals surface area contributed by atoms with E-state index in [1.807, 2.05) is 11.6 Å². The Bertz CT molecular complexity index is 568. The van der Waals surface area contributed by atoms with Gasteiger partial charge in [0.05, 0.1) is 13.2 Å². The van der Waals surface area contributed by atoms with E-state index in [2.05, 4.69) is 35.4 Å². The van der Waals surface area contributed by atoms with Crippen molar-refractivity contribution >= 4 is 11.3 Å². The Balaban J connectivity index is 1.80. The first-order valence-corrected chi connectivity index (χ1v) is 8.02. The van der Waals surface area contributed by atoms with E-state index >= 15 is 0 Å². The maximum Gasteiger partial charge on any atom is 0.119 e. The van der Waals surface area contributed by atoms with Crippen molar-refractivity contribution in [2.24, 2.45) is 0 Å². The molecule has 0 spiro atoms. The van der Waals surface area contributed by atoms with Gasteiger partial charge in [0.15, 0.2) is 0 Å². The van der Waals surface area contributed by atoms with E-state index in [-0.39, 0.29) is 0 Å². The Kier molecular flexibility index (Phi) is 4.03. The van der Waals surface area contributed by atoms with Gasteiger partial charge in [-0.2, -0.15) is 0 Å². The molecule has 0 bridgehead atoms. The summed E-state index contributed by atoms with van der Waals surface area (Å²) in [7, 11) is 1.73. The zero-order valence-corrected chi connectivity index (χ0v) is 12.7. The molecule has 1 aromatic carbocycles. The van der Waals surface area contributed by atoms with Crippen LogP contribution in [0.2, 0.25) is 0 Å². The molecule has 2 unspecified atom stereocenters. The highest BCUT2D eigenvalue weighted by Crippen LogP contribution is 2.36. The molecule has 0 radical (unpaired) electrons. The maximum atomic E-state index is 5.35. The second kappa shape index (κ2) is 5.94. The zero-order valence-electron chi connectivity index (χ0n) is 11.9. The van der Waals surface area contributed by atoms with E-state index in [0.717, 1.165) is 25.0 Å². The van der Waals surface area contributed by atoms with Gasteiger partial charge in [-0.1, -0.05) is 13.0 Å². The largest absolute Gasteiger partial charge is 0.497 e. The van der Waals surface area contributed by atoms with Crippen molar-refractivity contribution in [1.29, 1.82) is 0 Å². The topological polar surface area (TPSA) is 34.1 Å². The van der Waals surface area contributed by atoms with Crippen molar-refractivity contribution < 1.29 is 4.74 Å². The number of hydrogen-bond donors (Lipinski definition) is 1. The highest BCUT2D eigenvalue weighted by molar-refractivity contribution is 7.09. The fourth-order valence-electron chi connectivity index (χ4n) is 2.89. The van der Waals surface area contributed by atoms with E-state index in [1.165, 1.54) is 16.1 Å². The molecule has 0 saturated carbocycles. The number of fused-ring (bicyclic) bond motifs is 1. The molecule has 1 heterocycles. The monoisotopic (exact) mass is 288 g/mol. The zero-order chi connectivity index (χ0) is 13.9. The lowest BCUT2D eigenvalue weighted by atomic mass is 10.1. The molecular formula is C16H20N2OS. The number of hydrogen-bond acceptors (Lipinski definition) is 4. The Morgan fingerprint density at radius 2 is 2.40 bits per heavy atom. The fourth-order valence-corrected chi connectivity index (χ4v) is 3.68. The number of thiazole rings is 1. The molecule has 3 nitrogen and oxygen atoms in total. The molecule has 0 amide bonds. The van der Waals surface area contributed by atoms with Crippen LogP contribution in [-0.2, 0) is 6.42 Å². The van der Waals surface area contributed by atoms with Crippen LogP contribution >= 0.6 is 11.3 Å². The predicted octanol–water partition coefficient (Wildman–Crippen LogP) is 3.88. The molecule has 0 fully saturated rings. The standard InChI is InChI=1S/C16H20N2OS/c1-3-14(16-17-8-9-20-16)18-15-7-5-11-4-6-12(19-2)10-13(11)15/h4,6,8-10,14-15,18H,3,5,7H2,1-2H3.